The van der Waals surface area contributed by atoms with Gasteiger partial charge in [0.2, 0.25) is 0 Å². The van der Waals surface area contributed by atoms with Gasteiger partial charge in [-0.2, -0.15) is 5.10 Å². The number of fused-ring (bicyclic) bond motifs is 2. The number of benzene rings is 2. The minimum Gasteiger partial charge on any atom is -0.456 e. The quantitative estimate of drug-likeness (QED) is 0.516. The number of H-pyrrole nitrogens is 1. The van der Waals surface area contributed by atoms with E-state index in [-0.39, 0.29) is 12.2 Å². The molecule has 0 radical (unpaired) electrons. The van der Waals surface area contributed by atoms with Crippen molar-refractivity contribution in [3.05, 3.63) is 52.3 Å². The Morgan fingerprint density at radius 1 is 1.10 bits per heavy atom. The standard InChI is InChI=1S/C19H19N3O3.2C2H6/c1-22(8-3-9-23)11-12-6-7-15-14(10-12)18-17-13(19(24)21-20-18)4-2-5-16(17)25-15;2*1-2/h2,4-7,10,23H,3,8-9,11H2,1H3,(H,21,24);2*1-2H3. The highest BCUT2D eigenvalue weighted by Gasteiger charge is 2.23. The number of ether oxygens (including phenoxy) is 1. The van der Waals surface area contributed by atoms with Gasteiger partial charge < -0.3 is 14.7 Å². The zero-order valence-corrected chi connectivity index (χ0v) is 18.0. The Balaban J connectivity index is 0.000000707. The molecule has 6 heteroatoms. The fourth-order valence-corrected chi connectivity index (χ4v) is 3.27. The van der Waals surface area contributed by atoms with Crippen LogP contribution in [0.1, 0.15) is 39.7 Å². The van der Waals surface area contributed by atoms with Crippen LogP contribution in [0.4, 0.5) is 0 Å². The minimum atomic E-state index is -0.215. The van der Waals surface area contributed by atoms with Crippen LogP contribution in [0.25, 0.3) is 22.0 Å². The lowest BCUT2D eigenvalue weighted by atomic mass is 9.99. The fourth-order valence-electron chi connectivity index (χ4n) is 3.27. The third-order valence-corrected chi connectivity index (χ3v) is 4.45. The van der Waals surface area contributed by atoms with Crippen molar-refractivity contribution in [2.75, 3.05) is 20.2 Å². The highest BCUT2D eigenvalue weighted by molar-refractivity contribution is 6.01. The predicted octanol–water partition coefficient (Wildman–Crippen LogP) is 4.56. The molecule has 0 amide bonds. The van der Waals surface area contributed by atoms with E-state index in [9.17, 15) is 4.79 Å². The van der Waals surface area contributed by atoms with Gasteiger partial charge in [-0.15, -0.1) is 0 Å². The van der Waals surface area contributed by atoms with E-state index in [0.29, 0.717) is 11.1 Å². The first-order chi connectivity index (χ1) is 14.2. The number of aromatic nitrogens is 2. The van der Waals surface area contributed by atoms with Crippen LogP contribution in [0.5, 0.6) is 11.5 Å². The summed E-state index contributed by atoms with van der Waals surface area (Å²) in [7, 11) is 2.03. The van der Waals surface area contributed by atoms with E-state index >= 15 is 0 Å². The molecule has 3 aromatic rings. The number of hydrogen-bond donors (Lipinski definition) is 2. The number of hydrogen-bond acceptors (Lipinski definition) is 5. The summed E-state index contributed by atoms with van der Waals surface area (Å²) in [6, 6.07) is 11.5. The van der Waals surface area contributed by atoms with Gasteiger partial charge >= 0.3 is 0 Å². The van der Waals surface area contributed by atoms with E-state index in [1.54, 1.807) is 6.07 Å². The van der Waals surface area contributed by atoms with Gasteiger partial charge in [0.25, 0.3) is 5.56 Å². The third kappa shape index (κ3) is 4.83. The Labute approximate surface area is 172 Å². The Morgan fingerprint density at radius 2 is 1.86 bits per heavy atom. The van der Waals surface area contributed by atoms with Crippen molar-refractivity contribution in [3.63, 3.8) is 0 Å². The van der Waals surface area contributed by atoms with Gasteiger partial charge in [0.05, 0.1) is 10.8 Å². The summed E-state index contributed by atoms with van der Waals surface area (Å²) in [5.74, 6) is 1.40. The Hall–Kier alpha value is -2.70. The third-order valence-electron chi connectivity index (χ3n) is 4.45. The highest BCUT2D eigenvalue weighted by Crippen LogP contribution is 2.44. The number of nitrogens with zero attached hydrogens (tertiary/aromatic N) is 2. The molecule has 1 aliphatic heterocycles. The molecule has 0 saturated heterocycles. The number of aliphatic hydroxyl groups excluding tert-OH is 1. The zero-order chi connectivity index (χ0) is 21.4. The number of aromatic amines is 1. The molecule has 29 heavy (non-hydrogen) atoms. The van der Waals surface area contributed by atoms with Gasteiger partial charge in [-0.3, -0.25) is 4.79 Å². The molecule has 4 rings (SSSR count). The SMILES string of the molecule is CC.CC.CN(CCCO)Cc1ccc2c(c1)-c1n[nH]c(=O)c3cccc(c13)O2. The Bertz CT molecular complexity index is 998. The summed E-state index contributed by atoms with van der Waals surface area (Å²) in [4.78, 5) is 14.2. The topological polar surface area (TPSA) is 78.5 Å². The fraction of sp³-hybridized carbons (Fsp3) is 0.391. The minimum absolute atomic E-state index is 0.193. The van der Waals surface area contributed by atoms with Gasteiger partial charge in [-0.05, 0) is 43.3 Å². The normalized spacial score (nSPS) is 11.0. The maximum absolute atomic E-state index is 12.0. The van der Waals surface area contributed by atoms with Crippen molar-refractivity contribution < 1.29 is 9.84 Å². The van der Waals surface area contributed by atoms with E-state index in [2.05, 4.69) is 21.2 Å². The summed E-state index contributed by atoms with van der Waals surface area (Å²) in [5, 5.41) is 17.2. The summed E-state index contributed by atoms with van der Waals surface area (Å²) < 4.78 is 5.99. The molecule has 0 atom stereocenters. The van der Waals surface area contributed by atoms with Gasteiger partial charge in [0.15, 0.2) is 0 Å². The average Bonchev–Trinajstić information content (AvgIpc) is 2.77. The second-order valence-electron chi connectivity index (χ2n) is 6.33. The largest absolute Gasteiger partial charge is 0.456 e. The van der Waals surface area contributed by atoms with Crippen molar-refractivity contribution in [3.8, 4) is 22.8 Å². The van der Waals surface area contributed by atoms with Crippen molar-refractivity contribution in [1.82, 2.24) is 15.1 Å². The highest BCUT2D eigenvalue weighted by atomic mass is 16.5. The lowest BCUT2D eigenvalue weighted by Gasteiger charge is -2.21. The second kappa shape index (κ2) is 10.7. The average molecular weight is 398 g/mol. The molecule has 0 aliphatic carbocycles. The maximum atomic E-state index is 12.0. The molecule has 2 N–H and O–H groups in total. The van der Waals surface area contributed by atoms with Crippen LogP contribution in [-0.4, -0.2) is 40.4 Å². The molecule has 156 valence electrons. The van der Waals surface area contributed by atoms with E-state index < -0.39 is 0 Å². The summed E-state index contributed by atoms with van der Waals surface area (Å²) in [6.45, 7) is 9.79. The van der Waals surface area contributed by atoms with Gasteiger partial charge in [-0.25, -0.2) is 5.10 Å². The summed E-state index contributed by atoms with van der Waals surface area (Å²) in [5.41, 5.74) is 2.54. The lowest BCUT2D eigenvalue weighted by molar-refractivity contribution is 0.244. The molecule has 0 saturated carbocycles. The molecule has 0 spiro atoms. The van der Waals surface area contributed by atoms with Gasteiger partial charge in [0, 0.05) is 25.3 Å². The predicted molar refractivity (Wildman–Crippen MR) is 119 cm³/mol. The Morgan fingerprint density at radius 3 is 2.59 bits per heavy atom. The number of rotatable bonds is 5. The van der Waals surface area contributed by atoms with Crippen LogP contribution < -0.4 is 10.3 Å². The van der Waals surface area contributed by atoms with Crippen LogP contribution in [0, 0.1) is 0 Å². The number of nitrogens with one attached hydrogen (secondary N) is 1. The first-order valence-corrected chi connectivity index (χ1v) is 10.3. The molecule has 1 aliphatic rings. The number of aliphatic hydroxyl groups is 1. The first kappa shape index (κ1) is 22.6. The van der Waals surface area contributed by atoms with Crippen molar-refractivity contribution in [2.24, 2.45) is 0 Å². The van der Waals surface area contributed by atoms with E-state index in [1.807, 2.05) is 59.0 Å². The van der Waals surface area contributed by atoms with Crippen LogP contribution in [0.3, 0.4) is 0 Å². The van der Waals surface area contributed by atoms with Crippen LogP contribution >= 0.6 is 0 Å². The molecule has 0 bridgehead atoms. The molecule has 0 fully saturated rings. The zero-order valence-electron chi connectivity index (χ0n) is 18.0. The first-order valence-electron chi connectivity index (χ1n) is 10.3. The van der Waals surface area contributed by atoms with E-state index in [0.717, 1.165) is 47.5 Å². The Kier molecular flexibility index (Phi) is 8.36. The molecular formula is C23H31N3O3. The molecule has 2 heterocycles. The van der Waals surface area contributed by atoms with Crippen molar-refractivity contribution in [2.45, 2.75) is 40.7 Å². The van der Waals surface area contributed by atoms with E-state index in [1.165, 1.54) is 0 Å². The van der Waals surface area contributed by atoms with Crippen LogP contribution in [-0.2, 0) is 6.54 Å². The summed E-state index contributed by atoms with van der Waals surface area (Å²) >= 11 is 0. The van der Waals surface area contributed by atoms with Crippen molar-refractivity contribution in [1.29, 1.82) is 0 Å². The van der Waals surface area contributed by atoms with Gasteiger partial charge in [-0.1, -0.05) is 39.8 Å². The maximum Gasteiger partial charge on any atom is 0.272 e. The molecule has 2 aromatic carbocycles. The second-order valence-corrected chi connectivity index (χ2v) is 6.33. The lowest BCUT2D eigenvalue weighted by Crippen LogP contribution is -2.20. The monoisotopic (exact) mass is 397 g/mol. The van der Waals surface area contributed by atoms with Crippen molar-refractivity contribution >= 4 is 10.8 Å². The molecule has 0 unspecified atom stereocenters. The molecular weight excluding hydrogens is 366 g/mol. The van der Waals surface area contributed by atoms with Gasteiger partial charge in [0.1, 0.15) is 17.2 Å². The molecule has 1 aromatic heterocycles. The molecule has 6 nitrogen and oxygen atoms in total. The smallest absolute Gasteiger partial charge is 0.272 e. The van der Waals surface area contributed by atoms with Crippen LogP contribution in [0.2, 0.25) is 0 Å². The van der Waals surface area contributed by atoms with Crippen LogP contribution in [0.15, 0.2) is 41.2 Å². The summed E-state index contributed by atoms with van der Waals surface area (Å²) in [6.07, 6.45) is 0.750. The van der Waals surface area contributed by atoms with E-state index in [4.69, 9.17) is 9.84 Å².